The minimum Gasteiger partial charge on any atom is -0.481 e. The first-order valence-electron chi connectivity index (χ1n) is 11.2. The van der Waals surface area contributed by atoms with Crippen molar-refractivity contribution in [1.82, 2.24) is 10.2 Å². The number of carbonyl (C=O) groups excluding carboxylic acids is 3. The van der Waals surface area contributed by atoms with Gasteiger partial charge in [-0.3, -0.25) is 14.9 Å². The van der Waals surface area contributed by atoms with E-state index in [1.807, 2.05) is 48.5 Å². The van der Waals surface area contributed by atoms with Gasteiger partial charge in [0.15, 0.2) is 0 Å². The van der Waals surface area contributed by atoms with Crippen molar-refractivity contribution in [2.24, 2.45) is 5.92 Å². The zero-order valence-electron chi connectivity index (χ0n) is 18.7. The number of aliphatic carboxylic acids is 1. The van der Waals surface area contributed by atoms with Crippen LogP contribution < -0.4 is 5.32 Å². The van der Waals surface area contributed by atoms with Gasteiger partial charge in [0.2, 0.25) is 6.04 Å². The average molecular weight is 466 g/mol. The topological polar surface area (TPSA) is 122 Å². The smallest absolute Gasteiger partial charge is 0.408 e. The molecule has 4 rings (SSSR count). The number of fused-ring (bicyclic) bond motifs is 3. The van der Waals surface area contributed by atoms with Gasteiger partial charge in [-0.25, -0.2) is 9.59 Å². The van der Waals surface area contributed by atoms with Crippen LogP contribution in [0.15, 0.2) is 48.5 Å². The van der Waals surface area contributed by atoms with Gasteiger partial charge in [-0.15, -0.1) is 0 Å². The summed E-state index contributed by atoms with van der Waals surface area (Å²) in [6, 6.07) is 14.2. The van der Waals surface area contributed by atoms with E-state index in [4.69, 9.17) is 14.6 Å². The van der Waals surface area contributed by atoms with Gasteiger partial charge >= 0.3 is 18.0 Å². The molecule has 1 atom stereocenters. The van der Waals surface area contributed by atoms with Crippen molar-refractivity contribution in [1.29, 1.82) is 0 Å². The number of esters is 1. The number of likely N-dealkylation sites (tertiary alicyclic amines) is 1. The Labute approximate surface area is 196 Å². The van der Waals surface area contributed by atoms with Crippen molar-refractivity contribution in [3.8, 4) is 11.1 Å². The van der Waals surface area contributed by atoms with Gasteiger partial charge in [-0.2, -0.15) is 0 Å². The molecule has 0 aromatic heterocycles. The lowest BCUT2D eigenvalue weighted by Gasteiger charge is -2.39. The van der Waals surface area contributed by atoms with Crippen molar-refractivity contribution in [2.45, 2.75) is 25.3 Å². The Hall–Kier alpha value is -3.88. The molecule has 2 aromatic carbocycles. The van der Waals surface area contributed by atoms with Gasteiger partial charge in [-0.1, -0.05) is 48.5 Å². The molecule has 34 heavy (non-hydrogen) atoms. The number of hydrogen-bond donors (Lipinski definition) is 2. The lowest BCUT2D eigenvalue weighted by Crippen LogP contribution is -2.60. The zero-order valence-corrected chi connectivity index (χ0v) is 18.7. The predicted molar refractivity (Wildman–Crippen MR) is 121 cm³/mol. The van der Waals surface area contributed by atoms with E-state index >= 15 is 0 Å². The first-order chi connectivity index (χ1) is 16.4. The quantitative estimate of drug-likeness (QED) is 0.452. The number of nitrogens with zero attached hydrogens (tertiary/aromatic N) is 1. The van der Waals surface area contributed by atoms with Crippen LogP contribution in [0.4, 0.5) is 4.79 Å². The summed E-state index contributed by atoms with van der Waals surface area (Å²) < 4.78 is 10.4. The fourth-order valence-corrected chi connectivity index (χ4v) is 4.51. The fraction of sp³-hybridized carbons (Fsp3) is 0.360. The first kappa shape index (κ1) is 23.3. The van der Waals surface area contributed by atoms with E-state index in [1.54, 1.807) is 6.92 Å². The maximum atomic E-state index is 12.8. The molecule has 0 bridgehead atoms. The van der Waals surface area contributed by atoms with E-state index in [2.05, 4.69) is 5.32 Å². The molecule has 1 aliphatic heterocycles. The number of rotatable bonds is 8. The van der Waals surface area contributed by atoms with Crippen LogP contribution in [0.3, 0.4) is 0 Å². The monoisotopic (exact) mass is 466 g/mol. The number of hydrogen-bond acceptors (Lipinski definition) is 6. The normalized spacial score (nSPS) is 15.5. The number of ether oxygens (including phenoxy) is 2. The molecule has 1 saturated heterocycles. The molecule has 1 heterocycles. The van der Waals surface area contributed by atoms with Crippen molar-refractivity contribution in [3.05, 3.63) is 59.7 Å². The third kappa shape index (κ3) is 4.73. The number of nitrogens with one attached hydrogen (secondary N) is 1. The maximum Gasteiger partial charge on any atom is 0.408 e. The Kier molecular flexibility index (Phi) is 6.81. The van der Waals surface area contributed by atoms with Crippen molar-refractivity contribution < 1.29 is 33.8 Å². The number of carboxylic acid groups (broad SMARTS) is 1. The van der Waals surface area contributed by atoms with Crippen molar-refractivity contribution >= 4 is 23.9 Å². The van der Waals surface area contributed by atoms with E-state index in [0.29, 0.717) is 0 Å². The highest BCUT2D eigenvalue weighted by Gasteiger charge is 2.40. The molecule has 0 saturated carbocycles. The Balaban J connectivity index is 1.40. The van der Waals surface area contributed by atoms with Gasteiger partial charge in [0.25, 0.3) is 5.91 Å². The van der Waals surface area contributed by atoms with Crippen LogP contribution in [0.2, 0.25) is 0 Å². The number of carboxylic acids is 1. The molecule has 2 amide bonds. The molecule has 178 valence electrons. The van der Waals surface area contributed by atoms with E-state index < -0.39 is 30.0 Å². The number of carbonyl (C=O) groups is 4. The molecule has 2 aliphatic rings. The highest BCUT2D eigenvalue weighted by atomic mass is 16.6. The molecular weight excluding hydrogens is 440 g/mol. The predicted octanol–water partition coefficient (Wildman–Crippen LogP) is 2.39. The molecule has 0 spiro atoms. The van der Waals surface area contributed by atoms with Crippen LogP contribution in [0, 0.1) is 5.92 Å². The van der Waals surface area contributed by atoms with Gasteiger partial charge in [0.05, 0.1) is 13.0 Å². The van der Waals surface area contributed by atoms with Crippen LogP contribution in [0.25, 0.3) is 11.1 Å². The molecule has 1 fully saturated rings. The van der Waals surface area contributed by atoms with Gasteiger partial charge < -0.3 is 19.5 Å². The standard InChI is InChI=1S/C25H26N2O7/c1-2-33-24(31)22(23(30)27-12-15(13-27)11-21(28)29)26-25(32)34-14-20-18-9-5-3-7-16(18)17-8-4-6-10-19(17)20/h3-10,15,20,22H,2,11-14H2,1H3,(H,26,32)(H,28,29). The van der Waals surface area contributed by atoms with Gasteiger partial charge in [0, 0.05) is 24.9 Å². The molecule has 9 heteroatoms. The van der Waals surface area contributed by atoms with E-state index in [1.165, 1.54) is 4.90 Å². The Bertz CT molecular complexity index is 1060. The molecule has 1 unspecified atom stereocenters. The van der Waals surface area contributed by atoms with Crippen LogP contribution in [0.5, 0.6) is 0 Å². The highest BCUT2D eigenvalue weighted by Crippen LogP contribution is 2.44. The van der Waals surface area contributed by atoms with E-state index in [-0.39, 0.29) is 44.6 Å². The molecule has 2 N–H and O–H groups in total. The Morgan fingerprint density at radius 1 is 1.00 bits per heavy atom. The summed E-state index contributed by atoms with van der Waals surface area (Å²) in [7, 11) is 0. The van der Waals surface area contributed by atoms with Gasteiger partial charge in [0.1, 0.15) is 6.61 Å². The first-order valence-corrected chi connectivity index (χ1v) is 11.2. The van der Waals surface area contributed by atoms with Crippen LogP contribution >= 0.6 is 0 Å². The maximum absolute atomic E-state index is 12.8. The summed E-state index contributed by atoms with van der Waals surface area (Å²) in [5, 5.41) is 11.2. The summed E-state index contributed by atoms with van der Waals surface area (Å²) >= 11 is 0. The SMILES string of the molecule is CCOC(=O)C(NC(=O)OCC1c2ccccc2-c2ccccc21)C(=O)N1CC(CC(=O)O)C1. The largest absolute Gasteiger partial charge is 0.481 e. The van der Waals surface area contributed by atoms with Gasteiger partial charge in [-0.05, 0) is 29.2 Å². The summed E-state index contributed by atoms with van der Waals surface area (Å²) in [6.07, 6.45) is -0.968. The summed E-state index contributed by atoms with van der Waals surface area (Å²) in [4.78, 5) is 49.9. The average Bonchev–Trinajstić information content (AvgIpc) is 3.11. The lowest BCUT2D eigenvalue weighted by molar-refractivity contribution is -0.156. The molecule has 0 radical (unpaired) electrons. The Morgan fingerprint density at radius 3 is 2.15 bits per heavy atom. The molecular formula is C25H26N2O7. The van der Waals surface area contributed by atoms with Crippen molar-refractivity contribution in [2.75, 3.05) is 26.3 Å². The minimum absolute atomic E-state index is 0.0357. The summed E-state index contributed by atoms with van der Waals surface area (Å²) in [5.74, 6) is -2.83. The second kappa shape index (κ2) is 9.94. The van der Waals surface area contributed by atoms with Crippen LogP contribution in [-0.2, 0) is 23.9 Å². The molecule has 2 aromatic rings. The second-order valence-corrected chi connectivity index (χ2v) is 8.36. The van der Waals surface area contributed by atoms with E-state index in [9.17, 15) is 19.2 Å². The number of benzene rings is 2. The van der Waals surface area contributed by atoms with Crippen molar-refractivity contribution in [3.63, 3.8) is 0 Å². The third-order valence-corrected chi connectivity index (χ3v) is 6.11. The Morgan fingerprint density at radius 2 is 1.59 bits per heavy atom. The summed E-state index contributed by atoms with van der Waals surface area (Å²) in [6.45, 7) is 2.07. The lowest BCUT2D eigenvalue weighted by atomic mass is 9.95. The zero-order chi connectivity index (χ0) is 24.2. The molecule has 1 aliphatic carbocycles. The third-order valence-electron chi connectivity index (χ3n) is 6.11. The minimum atomic E-state index is -1.55. The van der Waals surface area contributed by atoms with E-state index in [0.717, 1.165) is 22.3 Å². The van der Waals surface area contributed by atoms with Crippen LogP contribution in [0.1, 0.15) is 30.4 Å². The summed E-state index contributed by atoms with van der Waals surface area (Å²) in [5.41, 5.74) is 4.25. The van der Waals surface area contributed by atoms with Crippen LogP contribution in [-0.4, -0.2) is 66.3 Å². The highest BCUT2D eigenvalue weighted by molar-refractivity contribution is 6.04. The second-order valence-electron chi connectivity index (χ2n) is 8.36. The molecule has 9 nitrogen and oxygen atoms in total. The number of alkyl carbamates (subject to hydrolysis) is 1. The number of amides is 2. The fourth-order valence-electron chi connectivity index (χ4n) is 4.51.